The average molecular weight is 402 g/mol. The zero-order chi connectivity index (χ0) is 19.8. The Labute approximate surface area is 170 Å². The topological polar surface area (TPSA) is 61.9 Å². The molecule has 0 unspecified atom stereocenters. The fraction of sp³-hybridized carbons (Fsp3) is 0.429. The summed E-state index contributed by atoms with van der Waals surface area (Å²) in [4.78, 5) is 29.6. The highest BCUT2D eigenvalue weighted by atomic mass is 32.1. The van der Waals surface area contributed by atoms with Gasteiger partial charge >= 0.3 is 0 Å². The zero-order valence-corrected chi connectivity index (χ0v) is 17.0. The van der Waals surface area contributed by atoms with Crippen LogP contribution in [0.1, 0.15) is 24.1 Å². The maximum atomic E-state index is 12.4. The van der Waals surface area contributed by atoms with E-state index in [-0.39, 0.29) is 11.8 Å². The predicted molar refractivity (Wildman–Crippen MR) is 112 cm³/mol. The number of piperazine rings is 1. The van der Waals surface area contributed by atoms with Crippen LogP contribution in [-0.4, -0.2) is 50.0 Å². The second-order valence-electron chi connectivity index (χ2n) is 6.75. The Morgan fingerprint density at radius 1 is 1.07 bits per heavy atom. The van der Waals surface area contributed by atoms with Crippen LogP contribution in [0.2, 0.25) is 0 Å². The molecule has 6 nitrogen and oxygen atoms in total. The maximum Gasteiger partial charge on any atom is 0.222 e. The number of hydrogen-bond donors (Lipinski definition) is 1. The number of hydrogen-bond acceptors (Lipinski definition) is 5. The first-order valence-electron chi connectivity index (χ1n) is 9.62. The van der Waals surface area contributed by atoms with E-state index in [2.05, 4.69) is 10.2 Å². The molecular weight excluding hydrogens is 374 g/mol. The van der Waals surface area contributed by atoms with E-state index >= 15 is 0 Å². The number of rotatable bonds is 8. The number of ether oxygens (including phenoxy) is 1. The number of nitrogens with one attached hydrogen (secondary N) is 1. The largest absolute Gasteiger partial charge is 0.495 e. The van der Waals surface area contributed by atoms with Crippen molar-refractivity contribution >= 4 is 28.8 Å². The second-order valence-corrected chi connectivity index (χ2v) is 7.78. The van der Waals surface area contributed by atoms with Gasteiger partial charge in [-0.05, 0) is 30.0 Å². The molecule has 0 spiro atoms. The van der Waals surface area contributed by atoms with Gasteiger partial charge in [-0.3, -0.25) is 9.59 Å². The van der Waals surface area contributed by atoms with E-state index < -0.39 is 0 Å². The molecule has 2 heterocycles. The number of methoxy groups -OCH3 is 1. The summed E-state index contributed by atoms with van der Waals surface area (Å²) in [7, 11) is 1.68. The number of para-hydroxylation sites is 2. The van der Waals surface area contributed by atoms with Gasteiger partial charge in [0.1, 0.15) is 5.75 Å². The second kappa shape index (κ2) is 10.1. The van der Waals surface area contributed by atoms with Crippen LogP contribution < -0.4 is 15.0 Å². The van der Waals surface area contributed by atoms with E-state index in [0.29, 0.717) is 38.9 Å². The lowest BCUT2D eigenvalue weighted by Crippen LogP contribution is -2.48. The average Bonchev–Trinajstić information content (AvgIpc) is 3.26. The molecule has 7 heteroatoms. The van der Waals surface area contributed by atoms with Crippen LogP contribution in [0.3, 0.4) is 0 Å². The summed E-state index contributed by atoms with van der Waals surface area (Å²) in [6, 6.07) is 11.9. The number of amides is 2. The summed E-state index contributed by atoms with van der Waals surface area (Å²) in [5.74, 6) is 0.990. The van der Waals surface area contributed by atoms with Gasteiger partial charge in [0.2, 0.25) is 11.8 Å². The molecule has 1 aromatic heterocycles. The first-order chi connectivity index (χ1) is 13.7. The lowest BCUT2D eigenvalue weighted by atomic mass is 10.2. The molecule has 1 N–H and O–H groups in total. The molecule has 3 rings (SSSR count). The van der Waals surface area contributed by atoms with Crippen LogP contribution in [0, 0.1) is 0 Å². The summed E-state index contributed by atoms with van der Waals surface area (Å²) < 4.78 is 5.43. The van der Waals surface area contributed by atoms with Crippen LogP contribution in [0.25, 0.3) is 0 Å². The van der Waals surface area contributed by atoms with Crippen molar-refractivity contribution in [1.29, 1.82) is 0 Å². The van der Waals surface area contributed by atoms with Crippen molar-refractivity contribution in [1.82, 2.24) is 10.2 Å². The lowest BCUT2D eigenvalue weighted by Gasteiger charge is -2.36. The SMILES string of the molecule is COc1ccccc1N1CCN(C(=O)CCCC(=O)NCc2cccs2)CC1. The van der Waals surface area contributed by atoms with Gasteiger partial charge < -0.3 is 19.9 Å². The smallest absolute Gasteiger partial charge is 0.222 e. The number of anilines is 1. The minimum absolute atomic E-state index is 0.00203. The Kier molecular flexibility index (Phi) is 7.31. The zero-order valence-electron chi connectivity index (χ0n) is 16.2. The van der Waals surface area contributed by atoms with Crippen LogP contribution in [-0.2, 0) is 16.1 Å². The standard InChI is InChI=1S/C21H27N3O3S/c1-27-19-8-3-2-7-18(19)23-11-13-24(14-12-23)21(26)10-4-9-20(25)22-16-17-6-5-15-28-17/h2-3,5-8,15H,4,9-14,16H2,1H3,(H,22,25). The summed E-state index contributed by atoms with van der Waals surface area (Å²) >= 11 is 1.63. The highest BCUT2D eigenvalue weighted by Crippen LogP contribution is 2.28. The summed E-state index contributed by atoms with van der Waals surface area (Å²) in [6.07, 6.45) is 1.39. The van der Waals surface area contributed by atoms with Crippen molar-refractivity contribution in [3.63, 3.8) is 0 Å². The molecule has 150 valence electrons. The van der Waals surface area contributed by atoms with Crippen molar-refractivity contribution in [3.05, 3.63) is 46.7 Å². The molecule has 1 saturated heterocycles. The monoisotopic (exact) mass is 401 g/mol. The molecule has 0 bridgehead atoms. The third-order valence-corrected chi connectivity index (χ3v) is 5.77. The Morgan fingerprint density at radius 2 is 1.86 bits per heavy atom. The van der Waals surface area contributed by atoms with Gasteiger partial charge in [-0.15, -0.1) is 11.3 Å². The van der Waals surface area contributed by atoms with Crippen molar-refractivity contribution < 1.29 is 14.3 Å². The van der Waals surface area contributed by atoms with E-state index in [9.17, 15) is 9.59 Å². The Morgan fingerprint density at radius 3 is 2.57 bits per heavy atom. The van der Waals surface area contributed by atoms with E-state index in [4.69, 9.17) is 4.74 Å². The number of thiophene rings is 1. The minimum Gasteiger partial charge on any atom is -0.495 e. The first-order valence-corrected chi connectivity index (χ1v) is 10.5. The Bertz CT molecular complexity index is 771. The van der Waals surface area contributed by atoms with Crippen molar-refractivity contribution in [2.45, 2.75) is 25.8 Å². The molecule has 1 aliphatic rings. The summed E-state index contributed by atoms with van der Waals surface area (Å²) in [5.41, 5.74) is 1.07. The fourth-order valence-electron chi connectivity index (χ4n) is 3.33. The van der Waals surface area contributed by atoms with Crippen LogP contribution in [0.4, 0.5) is 5.69 Å². The van der Waals surface area contributed by atoms with E-state index in [1.165, 1.54) is 0 Å². The van der Waals surface area contributed by atoms with Crippen LogP contribution in [0.15, 0.2) is 41.8 Å². The number of nitrogens with zero attached hydrogens (tertiary/aromatic N) is 2. The number of carbonyl (C=O) groups excluding carboxylic acids is 2. The molecule has 1 fully saturated rings. The highest BCUT2D eigenvalue weighted by Gasteiger charge is 2.22. The van der Waals surface area contributed by atoms with E-state index in [1.807, 2.05) is 46.7 Å². The third kappa shape index (κ3) is 5.48. The summed E-state index contributed by atoms with van der Waals surface area (Å²) in [6.45, 7) is 3.53. The van der Waals surface area contributed by atoms with E-state index in [1.54, 1.807) is 18.4 Å². The molecule has 28 heavy (non-hydrogen) atoms. The lowest BCUT2D eigenvalue weighted by molar-refractivity contribution is -0.131. The van der Waals surface area contributed by atoms with Gasteiger partial charge in [0, 0.05) is 43.9 Å². The van der Waals surface area contributed by atoms with Crippen molar-refractivity contribution in [2.24, 2.45) is 0 Å². The van der Waals surface area contributed by atoms with Gasteiger partial charge in [0.15, 0.2) is 0 Å². The first kappa shape index (κ1) is 20.2. The van der Waals surface area contributed by atoms with Crippen molar-refractivity contribution in [2.75, 3.05) is 38.2 Å². The minimum atomic E-state index is 0.00203. The number of carbonyl (C=O) groups is 2. The molecule has 2 amide bonds. The molecule has 0 aliphatic carbocycles. The Hall–Kier alpha value is -2.54. The van der Waals surface area contributed by atoms with Crippen LogP contribution >= 0.6 is 11.3 Å². The third-order valence-electron chi connectivity index (χ3n) is 4.89. The maximum absolute atomic E-state index is 12.4. The molecule has 0 atom stereocenters. The Balaban J connectivity index is 1.36. The van der Waals surface area contributed by atoms with Gasteiger partial charge in [0.05, 0.1) is 19.3 Å². The predicted octanol–water partition coefficient (Wildman–Crippen LogP) is 2.89. The molecule has 1 aliphatic heterocycles. The van der Waals surface area contributed by atoms with Gasteiger partial charge in [-0.2, -0.15) is 0 Å². The normalized spacial score (nSPS) is 14.0. The fourth-order valence-corrected chi connectivity index (χ4v) is 3.98. The number of benzene rings is 1. The van der Waals surface area contributed by atoms with Gasteiger partial charge in [0.25, 0.3) is 0 Å². The van der Waals surface area contributed by atoms with Gasteiger partial charge in [-0.25, -0.2) is 0 Å². The van der Waals surface area contributed by atoms with Crippen LogP contribution in [0.5, 0.6) is 5.75 Å². The molecule has 0 radical (unpaired) electrons. The van der Waals surface area contributed by atoms with Crippen molar-refractivity contribution in [3.8, 4) is 5.75 Å². The quantitative estimate of drug-likeness (QED) is 0.739. The molecule has 2 aromatic rings. The van der Waals surface area contributed by atoms with E-state index in [0.717, 1.165) is 29.4 Å². The molecular formula is C21H27N3O3S. The molecule has 1 aromatic carbocycles. The highest BCUT2D eigenvalue weighted by molar-refractivity contribution is 7.09. The molecule has 0 saturated carbocycles. The summed E-state index contributed by atoms with van der Waals surface area (Å²) in [5, 5.41) is 4.89. The van der Waals surface area contributed by atoms with Gasteiger partial charge in [-0.1, -0.05) is 18.2 Å².